The number of hydrogen-bond acceptors (Lipinski definition) is 4. The summed E-state index contributed by atoms with van der Waals surface area (Å²) in [6.45, 7) is 4.79. The Bertz CT molecular complexity index is 498. The average Bonchev–Trinajstić information content (AvgIpc) is 3.08. The van der Waals surface area contributed by atoms with Gasteiger partial charge in [-0.2, -0.15) is 0 Å². The molecule has 1 aromatic rings. The molecule has 0 radical (unpaired) electrons. The summed E-state index contributed by atoms with van der Waals surface area (Å²) in [6.07, 6.45) is 2.50. The van der Waals surface area contributed by atoms with E-state index < -0.39 is 0 Å². The summed E-state index contributed by atoms with van der Waals surface area (Å²) < 4.78 is 5.24. The SMILES string of the molecule is CC(C)CC(CO)NC(=O)C1CC(=O)N(Cc2ccco2)C1. The minimum absolute atomic E-state index is 0.0408. The van der Waals surface area contributed by atoms with Crippen molar-refractivity contribution in [2.45, 2.75) is 39.3 Å². The summed E-state index contributed by atoms with van der Waals surface area (Å²) >= 11 is 0. The molecule has 1 aliphatic rings. The number of likely N-dealkylation sites (tertiary alicyclic amines) is 1. The lowest BCUT2D eigenvalue weighted by Gasteiger charge is -2.20. The van der Waals surface area contributed by atoms with Crippen LogP contribution >= 0.6 is 0 Å². The van der Waals surface area contributed by atoms with Crippen LogP contribution in [0.3, 0.4) is 0 Å². The van der Waals surface area contributed by atoms with Gasteiger partial charge in [-0.1, -0.05) is 13.8 Å². The van der Waals surface area contributed by atoms with E-state index in [9.17, 15) is 14.7 Å². The highest BCUT2D eigenvalue weighted by Crippen LogP contribution is 2.21. The number of aliphatic hydroxyl groups is 1. The highest BCUT2D eigenvalue weighted by Gasteiger charge is 2.35. The molecule has 6 heteroatoms. The minimum atomic E-state index is -0.358. The van der Waals surface area contributed by atoms with Crippen LogP contribution in [-0.4, -0.2) is 41.0 Å². The summed E-state index contributed by atoms with van der Waals surface area (Å²) in [5, 5.41) is 12.2. The molecular formula is C16H24N2O4. The first kappa shape index (κ1) is 16.5. The number of rotatable bonds is 7. The zero-order chi connectivity index (χ0) is 16.1. The molecule has 1 saturated heterocycles. The highest BCUT2D eigenvalue weighted by atomic mass is 16.3. The van der Waals surface area contributed by atoms with E-state index in [1.165, 1.54) is 0 Å². The maximum atomic E-state index is 12.3. The Labute approximate surface area is 130 Å². The lowest BCUT2D eigenvalue weighted by molar-refractivity contribution is -0.129. The molecule has 0 spiro atoms. The summed E-state index contributed by atoms with van der Waals surface area (Å²) in [7, 11) is 0. The lowest BCUT2D eigenvalue weighted by atomic mass is 10.0. The molecule has 2 rings (SSSR count). The molecule has 0 aromatic carbocycles. The van der Waals surface area contributed by atoms with E-state index in [-0.39, 0.29) is 36.8 Å². The van der Waals surface area contributed by atoms with E-state index in [1.807, 2.05) is 19.9 Å². The molecule has 2 unspecified atom stereocenters. The van der Waals surface area contributed by atoms with Crippen molar-refractivity contribution in [3.05, 3.63) is 24.2 Å². The largest absolute Gasteiger partial charge is 0.467 e. The van der Waals surface area contributed by atoms with Crippen molar-refractivity contribution >= 4 is 11.8 Å². The Balaban J connectivity index is 1.87. The van der Waals surface area contributed by atoms with Gasteiger partial charge in [0.2, 0.25) is 11.8 Å². The van der Waals surface area contributed by atoms with E-state index in [4.69, 9.17) is 4.42 Å². The lowest BCUT2D eigenvalue weighted by Crippen LogP contribution is -2.42. The number of hydrogen-bond donors (Lipinski definition) is 2. The smallest absolute Gasteiger partial charge is 0.225 e. The van der Waals surface area contributed by atoms with Crippen LogP contribution in [0.15, 0.2) is 22.8 Å². The fraction of sp³-hybridized carbons (Fsp3) is 0.625. The van der Waals surface area contributed by atoms with Crippen LogP contribution in [0.5, 0.6) is 0 Å². The van der Waals surface area contributed by atoms with Crippen molar-refractivity contribution in [2.24, 2.45) is 11.8 Å². The van der Waals surface area contributed by atoms with Crippen LogP contribution in [0.2, 0.25) is 0 Å². The van der Waals surface area contributed by atoms with Gasteiger partial charge < -0.3 is 19.7 Å². The summed E-state index contributed by atoms with van der Waals surface area (Å²) in [5.41, 5.74) is 0. The van der Waals surface area contributed by atoms with Crippen LogP contribution in [0, 0.1) is 11.8 Å². The zero-order valence-corrected chi connectivity index (χ0v) is 13.1. The molecule has 1 aromatic heterocycles. The third kappa shape index (κ3) is 4.34. The Hall–Kier alpha value is -1.82. The van der Waals surface area contributed by atoms with Crippen LogP contribution in [0.1, 0.15) is 32.4 Å². The zero-order valence-electron chi connectivity index (χ0n) is 13.1. The highest BCUT2D eigenvalue weighted by molar-refractivity contribution is 5.89. The van der Waals surface area contributed by atoms with Crippen molar-refractivity contribution in [1.29, 1.82) is 0 Å². The van der Waals surface area contributed by atoms with Gasteiger partial charge in [-0.15, -0.1) is 0 Å². The summed E-state index contributed by atoms with van der Waals surface area (Å²) in [6, 6.07) is 3.34. The van der Waals surface area contributed by atoms with E-state index in [0.29, 0.717) is 24.8 Å². The Kier molecular flexibility index (Phi) is 5.60. The molecule has 0 saturated carbocycles. The first-order chi connectivity index (χ1) is 10.5. The van der Waals surface area contributed by atoms with Gasteiger partial charge in [0.15, 0.2) is 0 Å². The Morgan fingerprint density at radius 3 is 2.91 bits per heavy atom. The van der Waals surface area contributed by atoms with Gasteiger partial charge in [-0.25, -0.2) is 0 Å². The Morgan fingerprint density at radius 2 is 2.32 bits per heavy atom. The predicted molar refractivity (Wildman–Crippen MR) is 80.7 cm³/mol. The standard InChI is InChI=1S/C16H24N2O4/c1-11(2)6-13(10-19)17-16(21)12-7-15(20)18(8-12)9-14-4-3-5-22-14/h3-5,11-13,19H,6-10H2,1-2H3,(H,17,21). The number of nitrogens with zero attached hydrogens (tertiary/aromatic N) is 1. The van der Waals surface area contributed by atoms with Crippen LogP contribution < -0.4 is 5.32 Å². The number of aliphatic hydroxyl groups excluding tert-OH is 1. The molecule has 0 aliphatic carbocycles. The molecule has 2 heterocycles. The van der Waals surface area contributed by atoms with Gasteiger partial charge in [-0.3, -0.25) is 9.59 Å². The van der Waals surface area contributed by atoms with Crippen LogP contribution in [0.4, 0.5) is 0 Å². The first-order valence-electron chi connectivity index (χ1n) is 7.71. The summed E-state index contributed by atoms with van der Waals surface area (Å²) in [4.78, 5) is 25.9. The minimum Gasteiger partial charge on any atom is -0.467 e. The molecule has 22 heavy (non-hydrogen) atoms. The molecule has 2 atom stereocenters. The van der Waals surface area contributed by atoms with Crippen molar-refractivity contribution in [1.82, 2.24) is 10.2 Å². The van der Waals surface area contributed by atoms with Gasteiger partial charge >= 0.3 is 0 Å². The summed E-state index contributed by atoms with van der Waals surface area (Å²) in [5.74, 6) is 0.542. The average molecular weight is 308 g/mol. The fourth-order valence-corrected chi connectivity index (χ4v) is 2.76. The van der Waals surface area contributed by atoms with Gasteiger partial charge in [0, 0.05) is 13.0 Å². The number of nitrogens with one attached hydrogen (secondary N) is 1. The second-order valence-corrected chi connectivity index (χ2v) is 6.27. The fourth-order valence-electron chi connectivity index (χ4n) is 2.76. The van der Waals surface area contributed by atoms with Crippen molar-refractivity contribution in [2.75, 3.05) is 13.2 Å². The second kappa shape index (κ2) is 7.45. The monoisotopic (exact) mass is 308 g/mol. The molecule has 122 valence electrons. The molecule has 0 bridgehead atoms. The van der Waals surface area contributed by atoms with Gasteiger partial charge in [0.1, 0.15) is 5.76 Å². The maximum Gasteiger partial charge on any atom is 0.225 e. The van der Waals surface area contributed by atoms with Crippen molar-refractivity contribution in [3.8, 4) is 0 Å². The molecule has 2 N–H and O–H groups in total. The van der Waals surface area contributed by atoms with Gasteiger partial charge in [-0.05, 0) is 24.5 Å². The molecule has 1 fully saturated rings. The maximum absolute atomic E-state index is 12.3. The number of furan rings is 1. The van der Waals surface area contributed by atoms with E-state index in [2.05, 4.69) is 5.32 Å². The van der Waals surface area contributed by atoms with E-state index in [0.717, 1.165) is 6.42 Å². The molecule has 1 aliphatic heterocycles. The van der Waals surface area contributed by atoms with Crippen LogP contribution in [-0.2, 0) is 16.1 Å². The normalized spacial score (nSPS) is 19.7. The van der Waals surface area contributed by atoms with E-state index in [1.54, 1.807) is 17.2 Å². The molecule has 2 amide bonds. The number of amides is 2. The van der Waals surface area contributed by atoms with Crippen molar-refractivity contribution in [3.63, 3.8) is 0 Å². The Morgan fingerprint density at radius 1 is 1.55 bits per heavy atom. The molecule has 6 nitrogen and oxygen atoms in total. The number of carbonyl (C=O) groups is 2. The van der Waals surface area contributed by atoms with Crippen LogP contribution in [0.25, 0.3) is 0 Å². The topological polar surface area (TPSA) is 82.8 Å². The van der Waals surface area contributed by atoms with Crippen molar-refractivity contribution < 1.29 is 19.1 Å². The predicted octanol–water partition coefficient (Wildman–Crippen LogP) is 1.15. The van der Waals surface area contributed by atoms with Gasteiger partial charge in [0.05, 0.1) is 31.4 Å². The van der Waals surface area contributed by atoms with Gasteiger partial charge in [0.25, 0.3) is 0 Å². The van der Waals surface area contributed by atoms with E-state index >= 15 is 0 Å². The quantitative estimate of drug-likeness (QED) is 0.791. The third-order valence-corrected chi connectivity index (χ3v) is 3.83. The first-order valence-corrected chi connectivity index (χ1v) is 7.71. The third-order valence-electron chi connectivity index (χ3n) is 3.83. The number of carbonyl (C=O) groups excluding carboxylic acids is 2. The molecular weight excluding hydrogens is 284 g/mol. The second-order valence-electron chi connectivity index (χ2n) is 6.27.